The van der Waals surface area contributed by atoms with Gasteiger partial charge in [0.25, 0.3) is 0 Å². The Balaban J connectivity index is 1.58. The van der Waals surface area contributed by atoms with Gasteiger partial charge in [-0.25, -0.2) is 8.70 Å². The number of aryl methyl sites for hydroxylation is 1. The molecule has 1 aliphatic carbocycles. The number of carbonyl (C=O) groups is 1. The predicted molar refractivity (Wildman–Crippen MR) is 110 cm³/mol. The first-order valence-electron chi connectivity index (χ1n) is 9.50. The molecule has 0 bridgehead atoms. The number of para-hydroxylation sites is 1. The van der Waals surface area contributed by atoms with Gasteiger partial charge in [-0.15, -0.1) is 0 Å². The van der Waals surface area contributed by atoms with Crippen LogP contribution in [0.3, 0.4) is 0 Å². The molecule has 1 heterocycles. The third-order valence-electron chi connectivity index (χ3n) is 5.47. The summed E-state index contributed by atoms with van der Waals surface area (Å²) in [6.07, 6.45) is 3.01. The topological polar surface area (TPSA) is 45.5 Å². The quantitative estimate of drug-likeness (QED) is 0.609. The molecule has 0 aliphatic heterocycles. The molecular formula is C22H23FN2O2S. The Labute approximate surface area is 168 Å². The van der Waals surface area contributed by atoms with Crippen molar-refractivity contribution in [3.05, 3.63) is 65.6 Å². The fraction of sp³-hybridized carbons (Fsp3) is 0.318. The van der Waals surface area contributed by atoms with Crippen molar-refractivity contribution >= 4 is 28.8 Å². The Hall–Kier alpha value is -2.31. The summed E-state index contributed by atoms with van der Waals surface area (Å²) in [6, 6.07) is 15.3. The van der Waals surface area contributed by atoms with Gasteiger partial charge in [0, 0.05) is 34.1 Å². The minimum Gasteiger partial charge on any atom is -0.481 e. The summed E-state index contributed by atoms with van der Waals surface area (Å²) in [6.45, 7) is 0.510. The minimum atomic E-state index is -0.768. The second-order valence-corrected chi connectivity index (χ2v) is 8.46. The van der Waals surface area contributed by atoms with E-state index in [9.17, 15) is 9.18 Å². The molecule has 1 aliphatic rings. The summed E-state index contributed by atoms with van der Waals surface area (Å²) >= 11 is 1.64. The van der Waals surface area contributed by atoms with E-state index in [1.54, 1.807) is 11.9 Å². The molecule has 3 aromatic rings. The third-order valence-corrected chi connectivity index (χ3v) is 6.54. The standard InChI is InChI=1S/C22H23FN2O2S/c1-24(28-17-9-6-15(23)7-10-17)16-8-11-21-19(14-16)18-4-2-3-5-20(18)25(21)13-12-22(26)27/h2-7,9-10,16H,8,11-14H2,1H3,(H,26,27)/t16-/m1/s1. The van der Waals surface area contributed by atoms with Crippen LogP contribution >= 0.6 is 11.9 Å². The summed E-state index contributed by atoms with van der Waals surface area (Å²) in [5.74, 6) is -0.987. The molecule has 0 amide bonds. The number of likely N-dealkylation sites (N-methyl/N-ethyl adjacent to an activating group) is 1. The Kier molecular flexibility index (Phi) is 5.42. The van der Waals surface area contributed by atoms with Gasteiger partial charge in [0.05, 0.1) is 6.42 Å². The number of aromatic nitrogens is 1. The first kappa shape index (κ1) is 19.0. The van der Waals surface area contributed by atoms with Gasteiger partial charge in [0.2, 0.25) is 0 Å². The molecule has 0 radical (unpaired) electrons. The number of hydrogen-bond acceptors (Lipinski definition) is 3. The summed E-state index contributed by atoms with van der Waals surface area (Å²) in [5, 5.41) is 10.3. The van der Waals surface area contributed by atoms with Crippen LogP contribution in [-0.2, 0) is 24.2 Å². The molecule has 0 unspecified atom stereocenters. The van der Waals surface area contributed by atoms with Gasteiger partial charge in [-0.05, 0) is 74.2 Å². The average molecular weight is 399 g/mol. The number of halogens is 1. The third kappa shape index (κ3) is 3.80. The Morgan fingerprint density at radius 3 is 2.75 bits per heavy atom. The Morgan fingerprint density at radius 1 is 1.25 bits per heavy atom. The zero-order valence-electron chi connectivity index (χ0n) is 15.8. The van der Waals surface area contributed by atoms with Crippen molar-refractivity contribution in [2.75, 3.05) is 7.05 Å². The van der Waals surface area contributed by atoms with E-state index in [2.05, 4.69) is 28.1 Å². The van der Waals surface area contributed by atoms with Gasteiger partial charge in [-0.3, -0.25) is 4.79 Å². The molecule has 1 N–H and O–H groups in total. The van der Waals surface area contributed by atoms with E-state index in [0.29, 0.717) is 12.6 Å². The fourth-order valence-electron chi connectivity index (χ4n) is 4.09. The maximum Gasteiger partial charge on any atom is 0.305 e. The molecule has 0 spiro atoms. The highest BCUT2D eigenvalue weighted by molar-refractivity contribution is 7.97. The summed E-state index contributed by atoms with van der Waals surface area (Å²) in [4.78, 5) is 12.1. The van der Waals surface area contributed by atoms with Crippen LogP contribution in [0.2, 0.25) is 0 Å². The van der Waals surface area contributed by atoms with Crippen LogP contribution in [0.5, 0.6) is 0 Å². The van der Waals surface area contributed by atoms with Crippen molar-refractivity contribution in [2.24, 2.45) is 0 Å². The van der Waals surface area contributed by atoms with Crippen molar-refractivity contribution in [3.8, 4) is 0 Å². The molecule has 1 atom stereocenters. The number of nitrogens with zero attached hydrogens (tertiary/aromatic N) is 2. The second kappa shape index (κ2) is 7.97. The van der Waals surface area contributed by atoms with Gasteiger partial charge in [0.1, 0.15) is 5.82 Å². The van der Waals surface area contributed by atoms with Crippen molar-refractivity contribution in [1.29, 1.82) is 0 Å². The highest BCUT2D eigenvalue weighted by Gasteiger charge is 2.28. The molecular weight excluding hydrogens is 375 g/mol. The van der Waals surface area contributed by atoms with Crippen LogP contribution in [0, 0.1) is 5.82 Å². The normalized spacial score (nSPS) is 16.5. The first-order valence-corrected chi connectivity index (χ1v) is 10.3. The van der Waals surface area contributed by atoms with Crippen LogP contribution < -0.4 is 0 Å². The van der Waals surface area contributed by atoms with Crippen molar-refractivity contribution in [3.63, 3.8) is 0 Å². The number of rotatable bonds is 6. The molecule has 2 aromatic carbocycles. The fourth-order valence-corrected chi connectivity index (χ4v) is 5.01. The molecule has 0 saturated heterocycles. The van der Waals surface area contributed by atoms with Crippen molar-refractivity contribution < 1.29 is 14.3 Å². The van der Waals surface area contributed by atoms with Crippen LogP contribution in [-0.4, -0.2) is 33.0 Å². The van der Waals surface area contributed by atoms with Gasteiger partial charge >= 0.3 is 5.97 Å². The maximum absolute atomic E-state index is 13.1. The van der Waals surface area contributed by atoms with E-state index >= 15 is 0 Å². The van der Waals surface area contributed by atoms with Crippen molar-refractivity contribution in [1.82, 2.24) is 8.87 Å². The number of aliphatic carboxylic acids is 1. The summed E-state index contributed by atoms with van der Waals surface area (Å²) in [7, 11) is 2.09. The lowest BCUT2D eigenvalue weighted by atomic mass is 9.91. The molecule has 6 heteroatoms. The van der Waals surface area contributed by atoms with Crippen LogP contribution in [0.25, 0.3) is 10.9 Å². The zero-order valence-corrected chi connectivity index (χ0v) is 16.6. The molecule has 0 fully saturated rings. The highest BCUT2D eigenvalue weighted by Crippen LogP contribution is 2.36. The van der Waals surface area contributed by atoms with E-state index < -0.39 is 5.97 Å². The number of hydrogen-bond donors (Lipinski definition) is 1. The Bertz CT molecular complexity index is 1000. The minimum absolute atomic E-state index is 0.134. The summed E-state index contributed by atoms with van der Waals surface area (Å²) in [5.41, 5.74) is 3.74. The second-order valence-electron chi connectivity index (χ2n) is 7.23. The molecule has 4 nitrogen and oxygen atoms in total. The van der Waals surface area contributed by atoms with Crippen LogP contribution in [0.1, 0.15) is 24.1 Å². The number of carboxylic acid groups (broad SMARTS) is 1. The smallest absolute Gasteiger partial charge is 0.305 e. The van der Waals surface area contributed by atoms with Gasteiger partial charge in [-0.2, -0.15) is 0 Å². The van der Waals surface area contributed by atoms with E-state index in [-0.39, 0.29) is 12.2 Å². The number of fused-ring (bicyclic) bond motifs is 3. The lowest BCUT2D eigenvalue weighted by Gasteiger charge is -2.31. The molecule has 146 valence electrons. The Morgan fingerprint density at radius 2 is 2.00 bits per heavy atom. The van der Waals surface area contributed by atoms with E-state index in [4.69, 9.17) is 5.11 Å². The monoisotopic (exact) mass is 398 g/mol. The predicted octanol–water partition coefficient (Wildman–Crippen LogP) is 4.75. The van der Waals surface area contributed by atoms with E-state index in [1.165, 1.54) is 28.8 Å². The van der Waals surface area contributed by atoms with Gasteiger partial charge in [0.15, 0.2) is 0 Å². The first-order chi connectivity index (χ1) is 13.5. The molecule has 0 saturated carbocycles. The number of carboxylic acids is 1. The molecule has 1 aromatic heterocycles. The van der Waals surface area contributed by atoms with Crippen LogP contribution in [0.15, 0.2) is 53.4 Å². The lowest BCUT2D eigenvalue weighted by Crippen LogP contribution is -2.32. The maximum atomic E-state index is 13.1. The molecule has 28 heavy (non-hydrogen) atoms. The zero-order chi connectivity index (χ0) is 19.7. The highest BCUT2D eigenvalue weighted by atomic mass is 32.2. The molecule has 4 rings (SSSR count). The largest absolute Gasteiger partial charge is 0.481 e. The van der Waals surface area contributed by atoms with Gasteiger partial charge < -0.3 is 9.67 Å². The van der Waals surface area contributed by atoms with Crippen LogP contribution in [0.4, 0.5) is 4.39 Å². The SMILES string of the molecule is CN(Sc1ccc(F)cc1)[C@@H]1CCc2c(c3ccccc3n2CCC(=O)O)C1. The van der Waals surface area contributed by atoms with Crippen molar-refractivity contribution in [2.45, 2.75) is 43.2 Å². The average Bonchev–Trinajstić information content (AvgIpc) is 3.01. The van der Waals surface area contributed by atoms with Gasteiger partial charge in [-0.1, -0.05) is 18.2 Å². The van der Waals surface area contributed by atoms with E-state index in [1.807, 2.05) is 24.3 Å². The summed E-state index contributed by atoms with van der Waals surface area (Å²) < 4.78 is 17.6. The van der Waals surface area contributed by atoms with E-state index in [0.717, 1.165) is 29.7 Å². The lowest BCUT2D eigenvalue weighted by molar-refractivity contribution is -0.137. The number of benzene rings is 2.